The van der Waals surface area contributed by atoms with Crippen LogP contribution in [0.2, 0.25) is 5.02 Å². The summed E-state index contributed by atoms with van der Waals surface area (Å²) in [5.74, 6) is 0.544. The largest absolute Gasteiger partial charge is 0.349 e. The van der Waals surface area contributed by atoms with Crippen molar-refractivity contribution in [2.24, 2.45) is 0 Å². The maximum atomic E-state index is 12.6. The molecule has 0 unspecified atom stereocenters. The summed E-state index contributed by atoms with van der Waals surface area (Å²) in [4.78, 5) is 27.6. The lowest BCUT2D eigenvalue weighted by Gasteiger charge is -2.31. The highest BCUT2D eigenvalue weighted by molar-refractivity contribution is 7.12. The number of halogens is 1. The Morgan fingerprint density at radius 1 is 1.13 bits per heavy atom. The predicted molar refractivity (Wildman–Crippen MR) is 123 cm³/mol. The van der Waals surface area contributed by atoms with Crippen LogP contribution in [0.4, 0.5) is 5.82 Å². The molecule has 2 N–H and O–H groups in total. The molecule has 0 spiro atoms. The van der Waals surface area contributed by atoms with Gasteiger partial charge in [-0.3, -0.25) is 14.5 Å². The van der Waals surface area contributed by atoms with E-state index in [9.17, 15) is 9.59 Å². The lowest BCUT2D eigenvalue weighted by molar-refractivity contribution is -0.117. The highest BCUT2D eigenvalue weighted by atomic mass is 35.5. The molecule has 0 bridgehead atoms. The molecule has 31 heavy (non-hydrogen) atoms. The second-order valence-corrected chi connectivity index (χ2v) is 8.87. The van der Waals surface area contributed by atoms with E-state index in [1.165, 1.54) is 11.3 Å². The molecule has 0 radical (unpaired) electrons. The number of piperidine rings is 1. The van der Waals surface area contributed by atoms with Crippen molar-refractivity contribution in [3.05, 3.63) is 69.5 Å². The molecule has 0 atom stereocenters. The first-order valence-electron chi connectivity index (χ1n) is 10.2. The van der Waals surface area contributed by atoms with E-state index in [4.69, 9.17) is 11.6 Å². The number of carbonyl (C=O) groups is 2. The van der Waals surface area contributed by atoms with Gasteiger partial charge in [-0.25, -0.2) is 4.68 Å². The van der Waals surface area contributed by atoms with E-state index in [-0.39, 0.29) is 17.9 Å². The lowest BCUT2D eigenvalue weighted by atomic mass is 10.0. The number of anilines is 1. The number of likely N-dealkylation sites (tertiary alicyclic amines) is 1. The number of nitrogens with zero attached hydrogens (tertiary/aromatic N) is 3. The number of hydrogen-bond donors (Lipinski definition) is 2. The summed E-state index contributed by atoms with van der Waals surface area (Å²) in [6.45, 7) is 2.32. The molecular weight excluding hydrogens is 434 g/mol. The minimum Gasteiger partial charge on any atom is -0.349 e. The summed E-state index contributed by atoms with van der Waals surface area (Å²) in [7, 11) is 0. The molecule has 1 saturated heterocycles. The minimum atomic E-state index is -0.0815. The molecule has 2 aromatic heterocycles. The van der Waals surface area contributed by atoms with Crippen molar-refractivity contribution < 1.29 is 9.59 Å². The number of nitrogens with one attached hydrogen (secondary N) is 2. The van der Waals surface area contributed by atoms with Gasteiger partial charge in [0.25, 0.3) is 5.91 Å². The smallest absolute Gasteiger partial charge is 0.261 e. The average molecular weight is 458 g/mol. The van der Waals surface area contributed by atoms with E-state index in [2.05, 4.69) is 20.6 Å². The monoisotopic (exact) mass is 457 g/mol. The van der Waals surface area contributed by atoms with Gasteiger partial charge in [-0.1, -0.05) is 35.9 Å². The van der Waals surface area contributed by atoms with Crippen LogP contribution in [0.3, 0.4) is 0 Å². The molecule has 3 aromatic rings. The summed E-state index contributed by atoms with van der Waals surface area (Å²) in [5, 5.41) is 12.9. The van der Waals surface area contributed by atoms with Crippen LogP contribution in [0.25, 0.3) is 0 Å². The van der Waals surface area contributed by atoms with Crippen molar-refractivity contribution in [1.29, 1.82) is 0 Å². The zero-order chi connectivity index (χ0) is 21.6. The van der Waals surface area contributed by atoms with Crippen molar-refractivity contribution >= 4 is 40.6 Å². The number of amides is 2. The summed E-state index contributed by atoms with van der Waals surface area (Å²) in [6.07, 6.45) is 3.32. The van der Waals surface area contributed by atoms with Crippen LogP contribution in [-0.2, 0) is 11.3 Å². The standard InChI is InChI=1S/C22H24ClN5O2S/c23-18-5-2-1-4-16(18)14-28-20(7-10-24-28)26-21(29)15-27-11-8-17(9-12-27)25-22(30)19-6-3-13-31-19/h1-7,10,13,17H,8-9,11-12,14-15H2,(H,25,30)(H,26,29). The van der Waals surface area contributed by atoms with E-state index in [0.29, 0.717) is 23.9 Å². The number of rotatable bonds is 7. The molecule has 3 heterocycles. The summed E-state index contributed by atoms with van der Waals surface area (Å²) in [6, 6.07) is 13.2. The second-order valence-electron chi connectivity index (χ2n) is 7.51. The first-order chi connectivity index (χ1) is 15.1. The number of hydrogen-bond acceptors (Lipinski definition) is 5. The van der Waals surface area contributed by atoms with Crippen molar-refractivity contribution in [1.82, 2.24) is 20.0 Å². The van der Waals surface area contributed by atoms with Crippen molar-refractivity contribution in [3.8, 4) is 0 Å². The Bertz CT molecular complexity index is 1030. The second kappa shape index (κ2) is 10.1. The molecule has 0 saturated carbocycles. The van der Waals surface area contributed by atoms with Crippen LogP contribution in [0.1, 0.15) is 28.1 Å². The molecule has 9 heteroatoms. The molecule has 1 aliphatic heterocycles. The fourth-order valence-electron chi connectivity index (χ4n) is 3.64. The predicted octanol–water partition coefficient (Wildman–Crippen LogP) is 3.48. The molecule has 0 aliphatic carbocycles. The third-order valence-electron chi connectivity index (χ3n) is 5.30. The Balaban J connectivity index is 1.25. The van der Waals surface area contributed by atoms with Crippen LogP contribution in [-0.4, -0.2) is 52.2 Å². The number of benzene rings is 1. The first kappa shape index (κ1) is 21.5. The number of aromatic nitrogens is 2. The molecule has 4 rings (SSSR count). The molecular formula is C22H24ClN5O2S. The van der Waals surface area contributed by atoms with Crippen LogP contribution >= 0.6 is 22.9 Å². The Labute approximate surface area is 190 Å². The molecule has 162 valence electrons. The van der Waals surface area contributed by atoms with Gasteiger partial charge in [0, 0.05) is 30.2 Å². The van der Waals surface area contributed by atoms with Crippen LogP contribution in [0, 0.1) is 0 Å². The van der Waals surface area contributed by atoms with Gasteiger partial charge >= 0.3 is 0 Å². The topological polar surface area (TPSA) is 79.3 Å². The number of thiophene rings is 1. The minimum absolute atomic E-state index is 0.0158. The van der Waals surface area contributed by atoms with Gasteiger partial charge in [-0.05, 0) is 35.9 Å². The fraction of sp³-hybridized carbons (Fsp3) is 0.318. The van der Waals surface area contributed by atoms with E-state index in [0.717, 1.165) is 36.4 Å². The number of carbonyl (C=O) groups excluding carboxylic acids is 2. The summed E-state index contributed by atoms with van der Waals surface area (Å²) >= 11 is 7.68. The van der Waals surface area contributed by atoms with E-state index in [1.807, 2.05) is 41.8 Å². The van der Waals surface area contributed by atoms with E-state index >= 15 is 0 Å². The summed E-state index contributed by atoms with van der Waals surface area (Å²) < 4.78 is 1.73. The van der Waals surface area contributed by atoms with E-state index < -0.39 is 0 Å². The molecule has 1 aliphatic rings. The van der Waals surface area contributed by atoms with Crippen molar-refractivity contribution in [2.75, 3.05) is 25.0 Å². The Morgan fingerprint density at radius 2 is 1.94 bits per heavy atom. The maximum Gasteiger partial charge on any atom is 0.261 e. The Kier molecular flexibility index (Phi) is 7.01. The summed E-state index contributed by atoms with van der Waals surface area (Å²) in [5.41, 5.74) is 0.940. The fourth-order valence-corrected chi connectivity index (χ4v) is 4.46. The van der Waals surface area contributed by atoms with Gasteiger partial charge in [0.2, 0.25) is 5.91 Å². The van der Waals surface area contributed by atoms with Crippen molar-refractivity contribution in [2.45, 2.75) is 25.4 Å². The first-order valence-corrected chi connectivity index (χ1v) is 11.5. The zero-order valence-corrected chi connectivity index (χ0v) is 18.5. The highest BCUT2D eigenvalue weighted by Gasteiger charge is 2.23. The van der Waals surface area contributed by atoms with Crippen LogP contribution in [0.5, 0.6) is 0 Å². The zero-order valence-electron chi connectivity index (χ0n) is 17.0. The van der Waals surface area contributed by atoms with Crippen molar-refractivity contribution in [3.63, 3.8) is 0 Å². The Hall–Kier alpha value is -2.68. The van der Waals surface area contributed by atoms with E-state index in [1.54, 1.807) is 16.9 Å². The van der Waals surface area contributed by atoms with Gasteiger partial charge in [0.05, 0.1) is 24.2 Å². The third-order valence-corrected chi connectivity index (χ3v) is 6.53. The lowest BCUT2D eigenvalue weighted by Crippen LogP contribution is -2.46. The Morgan fingerprint density at radius 3 is 2.68 bits per heavy atom. The SMILES string of the molecule is O=C(CN1CCC(NC(=O)c2cccs2)CC1)Nc1ccnn1Cc1ccccc1Cl. The maximum absolute atomic E-state index is 12.6. The normalized spacial score (nSPS) is 15.0. The molecule has 1 aromatic carbocycles. The van der Waals surface area contributed by atoms with Gasteiger partial charge in [-0.2, -0.15) is 5.10 Å². The van der Waals surface area contributed by atoms with Gasteiger partial charge in [-0.15, -0.1) is 11.3 Å². The van der Waals surface area contributed by atoms with Crippen LogP contribution in [0.15, 0.2) is 54.0 Å². The van der Waals surface area contributed by atoms with Crippen LogP contribution < -0.4 is 10.6 Å². The molecule has 2 amide bonds. The average Bonchev–Trinajstić information content (AvgIpc) is 3.44. The van der Waals surface area contributed by atoms with Gasteiger partial charge in [0.1, 0.15) is 5.82 Å². The van der Waals surface area contributed by atoms with Gasteiger partial charge < -0.3 is 10.6 Å². The highest BCUT2D eigenvalue weighted by Crippen LogP contribution is 2.18. The quantitative estimate of drug-likeness (QED) is 0.569. The molecule has 7 nitrogen and oxygen atoms in total. The third kappa shape index (κ3) is 5.72. The molecule has 1 fully saturated rings. The van der Waals surface area contributed by atoms with Gasteiger partial charge in [0.15, 0.2) is 0 Å².